The molecule has 0 saturated heterocycles. The minimum atomic E-state index is -0.506. The summed E-state index contributed by atoms with van der Waals surface area (Å²) in [4.78, 5) is 24.2. The van der Waals surface area contributed by atoms with E-state index in [0.717, 1.165) is 25.7 Å². The molecule has 0 radical (unpaired) electrons. The maximum Gasteiger partial charge on any atom is 0.305 e. The fourth-order valence-electron chi connectivity index (χ4n) is 4.34. The van der Waals surface area contributed by atoms with Gasteiger partial charge in [0, 0.05) is 20.0 Å². The van der Waals surface area contributed by atoms with Gasteiger partial charge in [0.1, 0.15) is 26.1 Å². The number of rotatable bonds is 29. The molecule has 0 N–H and O–H groups in total. The van der Waals surface area contributed by atoms with Gasteiger partial charge in [-0.25, -0.2) is 0 Å². The second-order valence-electron chi connectivity index (χ2n) is 10.4. The highest BCUT2D eigenvalue weighted by atomic mass is 16.7. The van der Waals surface area contributed by atoms with E-state index in [1.54, 1.807) is 0 Å². The lowest BCUT2D eigenvalue weighted by Crippen LogP contribution is -2.29. The molecule has 0 aliphatic carbocycles. The average Bonchev–Trinajstić information content (AvgIpc) is 2.90. The fourth-order valence-corrected chi connectivity index (χ4v) is 4.34. The zero-order valence-corrected chi connectivity index (χ0v) is 24.7. The summed E-state index contributed by atoms with van der Waals surface area (Å²) >= 11 is 0. The molecule has 0 rings (SSSR count). The first-order chi connectivity index (χ1) is 18.1. The predicted octanol–water partition coefficient (Wildman–Crippen LogP) is 8.68. The molecule has 220 valence electrons. The molecule has 0 aliphatic heterocycles. The van der Waals surface area contributed by atoms with Gasteiger partial charge in [0.05, 0.1) is 0 Å². The third kappa shape index (κ3) is 27.7. The molecule has 0 aromatic heterocycles. The number of unbranched alkanes of at least 4 members (excludes halogenated alkanes) is 18. The van der Waals surface area contributed by atoms with Crippen LogP contribution in [0.3, 0.4) is 0 Å². The molecular formula is C31H60O6. The lowest BCUT2D eigenvalue weighted by atomic mass is 10.1. The molecule has 0 unspecified atom stereocenters. The first-order valence-electron chi connectivity index (χ1n) is 15.6. The lowest BCUT2D eigenvalue weighted by Gasteiger charge is -2.17. The van der Waals surface area contributed by atoms with Crippen LogP contribution < -0.4 is 0 Å². The Morgan fingerprint density at radius 3 is 1.16 bits per heavy atom. The smallest absolute Gasteiger partial charge is 0.305 e. The van der Waals surface area contributed by atoms with Crippen LogP contribution in [0.2, 0.25) is 0 Å². The van der Waals surface area contributed by atoms with Crippen LogP contribution in [-0.2, 0) is 28.5 Å². The first kappa shape index (κ1) is 35.9. The summed E-state index contributed by atoms with van der Waals surface area (Å²) in [5.41, 5.74) is 0. The Kier molecular flexibility index (Phi) is 28.5. The van der Waals surface area contributed by atoms with E-state index in [9.17, 15) is 9.59 Å². The van der Waals surface area contributed by atoms with Crippen molar-refractivity contribution in [1.29, 1.82) is 0 Å². The molecule has 0 saturated carbocycles. The summed E-state index contributed by atoms with van der Waals surface area (Å²) in [7, 11) is 1.53. The van der Waals surface area contributed by atoms with Crippen molar-refractivity contribution in [2.45, 2.75) is 161 Å². The van der Waals surface area contributed by atoms with Gasteiger partial charge in [0.2, 0.25) is 0 Å². The highest BCUT2D eigenvalue weighted by Gasteiger charge is 2.15. The normalized spacial score (nSPS) is 11.2. The zero-order chi connectivity index (χ0) is 27.2. The summed E-state index contributed by atoms with van der Waals surface area (Å²) < 4.78 is 21.2. The molecule has 37 heavy (non-hydrogen) atoms. The van der Waals surface area contributed by atoms with Gasteiger partial charge in [0.25, 0.3) is 0 Å². The van der Waals surface area contributed by atoms with E-state index in [-0.39, 0.29) is 31.9 Å². The number of carbonyl (C=O) groups excluding carboxylic acids is 2. The highest BCUT2D eigenvalue weighted by Crippen LogP contribution is 2.13. The monoisotopic (exact) mass is 528 g/mol. The number of hydrogen-bond donors (Lipinski definition) is 0. The van der Waals surface area contributed by atoms with Crippen LogP contribution in [0.25, 0.3) is 0 Å². The lowest BCUT2D eigenvalue weighted by molar-refractivity contribution is -0.162. The standard InChI is InChI=1S/C31H60O6/c1-4-6-8-10-12-14-16-18-20-22-24-30(32)35-26-29(37-28-34-3)27-36-31(33)25-23-21-19-17-15-13-11-9-7-5-2/h29H,4-28H2,1-3H3. The van der Waals surface area contributed by atoms with Gasteiger partial charge in [-0.15, -0.1) is 0 Å². The van der Waals surface area contributed by atoms with E-state index < -0.39 is 6.10 Å². The van der Waals surface area contributed by atoms with E-state index in [1.165, 1.54) is 110 Å². The number of carbonyl (C=O) groups is 2. The van der Waals surface area contributed by atoms with Gasteiger partial charge in [-0.1, -0.05) is 129 Å². The van der Waals surface area contributed by atoms with Crippen molar-refractivity contribution in [3.8, 4) is 0 Å². The van der Waals surface area contributed by atoms with Gasteiger partial charge >= 0.3 is 11.9 Å². The van der Waals surface area contributed by atoms with Crippen LogP contribution in [0.5, 0.6) is 0 Å². The number of methoxy groups -OCH3 is 1. The second kappa shape index (κ2) is 29.4. The van der Waals surface area contributed by atoms with E-state index in [2.05, 4.69) is 13.8 Å². The maximum absolute atomic E-state index is 12.1. The largest absolute Gasteiger partial charge is 0.463 e. The van der Waals surface area contributed by atoms with Gasteiger partial charge < -0.3 is 18.9 Å². The summed E-state index contributed by atoms with van der Waals surface area (Å²) in [5, 5.41) is 0. The van der Waals surface area contributed by atoms with Crippen LogP contribution in [0.1, 0.15) is 155 Å². The van der Waals surface area contributed by atoms with Gasteiger partial charge in [-0.05, 0) is 12.8 Å². The van der Waals surface area contributed by atoms with E-state index in [4.69, 9.17) is 18.9 Å². The van der Waals surface area contributed by atoms with E-state index in [1.807, 2.05) is 0 Å². The minimum absolute atomic E-state index is 0.0661. The highest BCUT2D eigenvalue weighted by molar-refractivity contribution is 5.69. The van der Waals surface area contributed by atoms with Crippen LogP contribution >= 0.6 is 0 Å². The number of esters is 2. The second-order valence-corrected chi connectivity index (χ2v) is 10.4. The Bertz CT molecular complexity index is 456. The Balaban J connectivity index is 3.79. The SMILES string of the molecule is CCCCCCCCCCCCC(=O)OCC(COC(=O)CCCCCCCCCCCC)OCOC. The quantitative estimate of drug-likeness (QED) is 0.0549. The Hall–Kier alpha value is -1.14. The van der Waals surface area contributed by atoms with Crippen molar-refractivity contribution in [3.05, 3.63) is 0 Å². The average molecular weight is 529 g/mol. The van der Waals surface area contributed by atoms with Crippen molar-refractivity contribution in [3.63, 3.8) is 0 Å². The van der Waals surface area contributed by atoms with Crippen LogP contribution in [-0.4, -0.2) is 45.2 Å². The summed E-state index contributed by atoms with van der Waals surface area (Å²) in [6.07, 6.45) is 25.0. The van der Waals surface area contributed by atoms with Crippen LogP contribution in [0.15, 0.2) is 0 Å². The summed E-state index contributed by atoms with van der Waals surface area (Å²) in [5.74, 6) is -0.440. The Morgan fingerprint density at radius 2 is 0.838 bits per heavy atom. The van der Waals surface area contributed by atoms with Gasteiger partial charge in [-0.3, -0.25) is 9.59 Å². The summed E-state index contributed by atoms with van der Waals surface area (Å²) in [6, 6.07) is 0. The van der Waals surface area contributed by atoms with E-state index in [0.29, 0.717) is 12.8 Å². The van der Waals surface area contributed by atoms with Gasteiger partial charge in [0.15, 0.2) is 0 Å². The van der Waals surface area contributed by atoms with Crippen molar-refractivity contribution in [2.24, 2.45) is 0 Å². The maximum atomic E-state index is 12.1. The third-order valence-corrected chi connectivity index (χ3v) is 6.75. The molecule has 0 atom stereocenters. The fraction of sp³-hybridized carbons (Fsp3) is 0.935. The first-order valence-corrected chi connectivity index (χ1v) is 15.6. The molecule has 0 fully saturated rings. The minimum Gasteiger partial charge on any atom is -0.463 e. The topological polar surface area (TPSA) is 71.1 Å². The molecule has 0 bridgehead atoms. The Morgan fingerprint density at radius 1 is 0.514 bits per heavy atom. The van der Waals surface area contributed by atoms with Crippen molar-refractivity contribution in [1.82, 2.24) is 0 Å². The van der Waals surface area contributed by atoms with Crippen LogP contribution in [0, 0.1) is 0 Å². The number of ether oxygens (including phenoxy) is 4. The molecule has 0 spiro atoms. The third-order valence-electron chi connectivity index (χ3n) is 6.75. The van der Waals surface area contributed by atoms with Gasteiger partial charge in [-0.2, -0.15) is 0 Å². The zero-order valence-electron chi connectivity index (χ0n) is 24.7. The van der Waals surface area contributed by atoms with Crippen molar-refractivity contribution in [2.75, 3.05) is 27.1 Å². The van der Waals surface area contributed by atoms with Crippen molar-refractivity contribution >= 4 is 11.9 Å². The molecule has 0 amide bonds. The Labute approximate surface area is 228 Å². The predicted molar refractivity (Wildman–Crippen MR) is 152 cm³/mol. The summed E-state index contributed by atoms with van der Waals surface area (Å²) in [6.45, 7) is 4.70. The molecule has 0 aromatic carbocycles. The van der Waals surface area contributed by atoms with Crippen LogP contribution in [0.4, 0.5) is 0 Å². The molecule has 0 aromatic rings. The van der Waals surface area contributed by atoms with E-state index >= 15 is 0 Å². The molecular weight excluding hydrogens is 468 g/mol. The molecule has 6 heteroatoms. The molecule has 0 heterocycles. The van der Waals surface area contributed by atoms with Crippen molar-refractivity contribution < 1.29 is 28.5 Å². The molecule has 0 aliphatic rings. The molecule has 6 nitrogen and oxygen atoms in total. The number of hydrogen-bond acceptors (Lipinski definition) is 6.